The number of amidine groups is 1. The molecule has 3 N–H and O–H groups in total. The molecule has 0 aliphatic carbocycles. The minimum atomic E-state index is 0.0757. The third kappa shape index (κ3) is 2.65. The van der Waals surface area contributed by atoms with Crippen molar-refractivity contribution < 1.29 is 5.11 Å². The maximum Gasteiger partial charge on any atom is 0.145 e. The number of nitrogens with one attached hydrogen (secondary N) is 2. The Labute approximate surface area is 154 Å². The van der Waals surface area contributed by atoms with E-state index < -0.39 is 0 Å². The van der Waals surface area contributed by atoms with E-state index in [1.807, 2.05) is 25.1 Å². The Kier molecular flexibility index (Phi) is 3.71. The van der Waals surface area contributed by atoms with Crippen LogP contribution in [0.15, 0.2) is 42.2 Å². The van der Waals surface area contributed by atoms with Crippen LogP contribution in [-0.4, -0.2) is 27.5 Å². The van der Waals surface area contributed by atoms with Crippen LogP contribution in [0.5, 0.6) is 0 Å². The molecule has 1 aromatic heterocycles. The van der Waals surface area contributed by atoms with Crippen LogP contribution >= 0.6 is 23.2 Å². The van der Waals surface area contributed by atoms with Crippen LogP contribution in [0, 0.1) is 12.3 Å². The molecule has 126 valence electrons. The number of imidazole rings is 1. The van der Waals surface area contributed by atoms with Crippen LogP contribution in [0.4, 0.5) is 5.69 Å². The predicted molar refractivity (Wildman–Crippen MR) is 102 cm³/mol. The highest BCUT2D eigenvalue weighted by Crippen LogP contribution is 2.35. The smallest absolute Gasteiger partial charge is 0.145 e. The van der Waals surface area contributed by atoms with Gasteiger partial charge >= 0.3 is 0 Å². The average Bonchev–Trinajstić information content (AvgIpc) is 3.07. The maximum atomic E-state index is 10.4. The van der Waals surface area contributed by atoms with Crippen LogP contribution in [0.25, 0.3) is 16.6 Å². The molecule has 5 nitrogen and oxygen atoms in total. The van der Waals surface area contributed by atoms with Crippen molar-refractivity contribution in [2.45, 2.75) is 6.92 Å². The molecule has 25 heavy (non-hydrogen) atoms. The van der Waals surface area contributed by atoms with Crippen molar-refractivity contribution in [2.24, 2.45) is 0 Å². The van der Waals surface area contributed by atoms with Gasteiger partial charge in [-0.05, 0) is 42.8 Å². The summed E-state index contributed by atoms with van der Waals surface area (Å²) in [4.78, 5) is 9.32. The molecule has 0 unspecified atom stereocenters. The minimum Gasteiger partial charge on any atom is -0.509 e. The van der Waals surface area contributed by atoms with Gasteiger partial charge in [-0.15, -0.1) is 0 Å². The highest BCUT2D eigenvalue weighted by atomic mass is 35.5. The van der Waals surface area contributed by atoms with Gasteiger partial charge in [-0.3, -0.25) is 5.41 Å². The first-order valence-electron chi connectivity index (χ1n) is 7.64. The Morgan fingerprint density at radius 1 is 1.20 bits per heavy atom. The number of H-pyrrole nitrogens is 1. The first kappa shape index (κ1) is 16.0. The highest BCUT2D eigenvalue weighted by molar-refractivity contribution is 6.38. The maximum absolute atomic E-state index is 10.4. The van der Waals surface area contributed by atoms with Gasteiger partial charge in [0, 0.05) is 5.02 Å². The Morgan fingerprint density at radius 3 is 2.76 bits per heavy atom. The largest absolute Gasteiger partial charge is 0.509 e. The number of aryl methyl sites for hydroxylation is 1. The molecule has 0 saturated heterocycles. The van der Waals surface area contributed by atoms with Crippen molar-refractivity contribution in [3.05, 3.63) is 63.6 Å². The summed E-state index contributed by atoms with van der Waals surface area (Å²) in [6.07, 6.45) is 0. The van der Waals surface area contributed by atoms with Crippen LogP contribution in [0.3, 0.4) is 0 Å². The Hall–Kier alpha value is -2.50. The van der Waals surface area contributed by atoms with Gasteiger partial charge in [-0.1, -0.05) is 29.3 Å². The molecular formula is C18H14Cl2N4O. The van der Waals surface area contributed by atoms with E-state index >= 15 is 0 Å². The number of rotatable bonds is 2. The van der Waals surface area contributed by atoms with E-state index in [4.69, 9.17) is 28.6 Å². The molecule has 0 amide bonds. The number of halogens is 2. The second-order valence-electron chi connectivity index (χ2n) is 5.96. The molecule has 2 heterocycles. The third-order valence-electron chi connectivity index (χ3n) is 4.18. The molecule has 1 aliphatic heterocycles. The van der Waals surface area contributed by atoms with E-state index in [0.717, 1.165) is 16.6 Å². The monoisotopic (exact) mass is 372 g/mol. The Morgan fingerprint density at radius 2 is 2.00 bits per heavy atom. The fraction of sp³-hybridized carbons (Fsp3) is 0.111. The molecule has 2 aromatic carbocycles. The van der Waals surface area contributed by atoms with E-state index in [2.05, 4.69) is 9.97 Å². The second kappa shape index (κ2) is 5.79. The van der Waals surface area contributed by atoms with Gasteiger partial charge in [0.25, 0.3) is 0 Å². The first-order valence-corrected chi connectivity index (χ1v) is 8.40. The number of aliphatic hydroxyl groups excluding tert-OH is 1. The number of nitrogens with zero attached hydrogens (tertiary/aromatic N) is 2. The van der Waals surface area contributed by atoms with Crippen LogP contribution in [-0.2, 0) is 0 Å². The lowest BCUT2D eigenvalue weighted by Crippen LogP contribution is -2.26. The zero-order chi connectivity index (χ0) is 17.7. The summed E-state index contributed by atoms with van der Waals surface area (Å²) in [5, 5.41) is 19.9. The molecule has 0 bridgehead atoms. The standard InChI is InChI=1S/C18H14Cl2N4O/c1-9-2-4-12-13(6-9)23-18(22-12)16-15(25)8-24(17(16)21)14-5-3-10(19)7-11(14)20/h2-7,21,25H,8H2,1H3,(H,22,23). The van der Waals surface area contributed by atoms with Gasteiger partial charge in [0.05, 0.1) is 33.9 Å². The van der Waals surface area contributed by atoms with Crippen molar-refractivity contribution in [3.63, 3.8) is 0 Å². The summed E-state index contributed by atoms with van der Waals surface area (Å²) in [6, 6.07) is 10.9. The van der Waals surface area contributed by atoms with E-state index in [9.17, 15) is 5.11 Å². The van der Waals surface area contributed by atoms with Crippen molar-refractivity contribution >= 4 is 51.3 Å². The zero-order valence-corrected chi connectivity index (χ0v) is 14.8. The van der Waals surface area contributed by atoms with Gasteiger partial charge in [-0.25, -0.2) is 4.98 Å². The predicted octanol–water partition coefficient (Wildman–Crippen LogP) is 4.94. The summed E-state index contributed by atoms with van der Waals surface area (Å²) in [5.74, 6) is 0.681. The van der Waals surface area contributed by atoms with Gasteiger partial charge in [0.15, 0.2) is 0 Å². The highest BCUT2D eigenvalue weighted by Gasteiger charge is 2.32. The molecule has 0 saturated carbocycles. The number of benzene rings is 2. The van der Waals surface area contributed by atoms with Gasteiger partial charge in [-0.2, -0.15) is 0 Å². The van der Waals surface area contributed by atoms with Crippen LogP contribution in [0.1, 0.15) is 11.4 Å². The SMILES string of the molecule is Cc1ccc2nc(C3=C(O)CN(c4ccc(Cl)cc4Cl)C3=N)[nH]c2c1. The van der Waals surface area contributed by atoms with Crippen molar-refractivity contribution in [1.82, 2.24) is 9.97 Å². The Bertz CT molecular complexity index is 1050. The number of aromatic nitrogens is 2. The van der Waals surface area contributed by atoms with Crippen molar-refractivity contribution in [2.75, 3.05) is 11.4 Å². The topological polar surface area (TPSA) is 76.0 Å². The number of aliphatic hydroxyl groups is 1. The Balaban J connectivity index is 1.75. The lowest BCUT2D eigenvalue weighted by molar-refractivity contribution is 0.411. The van der Waals surface area contributed by atoms with Crippen LogP contribution < -0.4 is 4.90 Å². The van der Waals surface area contributed by atoms with Crippen LogP contribution in [0.2, 0.25) is 10.0 Å². The fourth-order valence-corrected chi connectivity index (χ4v) is 3.49. The molecule has 0 radical (unpaired) electrons. The van der Waals surface area contributed by atoms with E-state index in [0.29, 0.717) is 27.1 Å². The zero-order valence-electron chi connectivity index (χ0n) is 13.3. The van der Waals surface area contributed by atoms with Gasteiger partial charge in [0.2, 0.25) is 0 Å². The summed E-state index contributed by atoms with van der Waals surface area (Å²) >= 11 is 12.2. The third-order valence-corrected chi connectivity index (χ3v) is 4.72. The summed E-state index contributed by atoms with van der Waals surface area (Å²) < 4.78 is 0. The van der Waals surface area contributed by atoms with E-state index in [-0.39, 0.29) is 18.1 Å². The number of fused-ring (bicyclic) bond motifs is 1. The lowest BCUT2D eigenvalue weighted by atomic mass is 10.2. The van der Waals surface area contributed by atoms with Crippen molar-refractivity contribution in [3.8, 4) is 0 Å². The normalized spacial score (nSPS) is 14.8. The quantitative estimate of drug-likeness (QED) is 0.595. The summed E-state index contributed by atoms with van der Waals surface area (Å²) in [5.41, 5.74) is 3.75. The summed E-state index contributed by atoms with van der Waals surface area (Å²) in [6.45, 7) is 2.16. The molecule has 0 spiro atoms. The number of aromatic amines is 1. The minimum absolute atomic E-state index is 0.0757. The summed E-state index contributed by atoms with van der Waals surface area (Å²) in [7, 11) is 0. The van der Waals surface area contributed by atoms with Crippen molar-refractivity contribution in [1.29, 1.82) is 5.41 Å². The molecule has 7 heteroatoms. The van der Waals surface area contributed by atoms with E-state index in [1.165, 1.54) is 0 Å². The molecule has 0 atom stereocenters. The number of hydrogen-bond acceptors (Lipinski definition) is 3. The average molecular weight is 373 g/mol. The van der Waals surface area contributed by atoms with E-state index in [1.54, 1.807) is 23.1 Å². The molecular weight excluding hydrogens is 359 g/mol. The molecule has 0 fully saturated rings. The molecule has 1 aliphatic rings. The number of anilines is 1. The molecule has 3 aromatic rings. The fourth-order valence-electron chi connectivity index (χ4n) is 2.98. The molecule has 4 rings (SSSR count). The first-order chi connectivity index (χ1) is 11.9. The second-order valence-corrected chi connectivity index (χ2v) is 6.80. The van der Waals surface area contributed by atoms with Gasteiger partial charge in [0.1, 0.15) is 17.4 Å². The number of hydrogen-bond donors (Lipinski definition) is 3. The lowest BCUT2D eigenvalue weighted by Gasteiger charge is -2.20. The van der Waals surface area contributed by atoms with Gasteiger partial charge < -0.3 is 15.0 Å².